The van der Waals surface area contributed by atoms with Gasteiger partial charge in [0.1, 0.15) is 5.39 Å². The Kier molecular flexibility index (Phi) is 3.29. The van der Waals surface area contributed by atoms with Crippen LogP contribution in [-0.2, 0) is 0 Å². The molecule has 0 aliphatic heterocycles. The van der Waals surface area contributed by atoms with Crippen LogP contribution in [0.25, 0.3) is 10.9 Å². The predicted octanol–water partition coefficient (Wildman–Crippen LogP) is 0.689. The van der Waals surface area contributed by atoms with Gasteiger partial charge in [0, 0.05) is 6.07 Å². The summed E-state index contributed by atoms with van der Waals surface area (Å²) in [6, 6.07) is 0.252. The van der Waals surface area contributed by atoms with Gasteiger partial charge in [-0.25, -0.2) is 4.39 Å². The topological polar surface area (TPSA) is 156 Å². The van der Waals surface area contributed by atoms with Gasteiger partial charge in [-0.05, 0) is 0 Å². The molecule has 0 fully saturated rings. The van der Waals surface area contributed by atoms with Gasteiger partial charge in [0.15, 0.2) is 5.82 Å². The SMILES string of the molecule is O=c1[nH]c2cc(F)c(F)c([N+](=O)[O-])c2c(O)c([N+](=O)[O-])c1=O. The van der Waals surface area contributed by atoms with Crippen LogP contribution < -0.4 is 11.0 Å². The van der Waals surface area contributed by atoms with Crippen LogP contribution in [0.1, 0.15) is 0 Å². The van der Waals surface area contributed by atoms with Gasteiger partial charge in [-0.1, -0.05) is 0 Å². The molecule has 0 aliphatic carbocycles. The maximum atomic E-state index is 13.6. The molecule has 22 heavy (non-hydrogen) atoms. The summed E-state index contributed by atoms with van der Waals surface area (Å²) in [6.07, 6.45) is 0. The van der Waals surface area contributed by atoms with Crippen LogP contribution in [-0.4, -0.2) is 19.9 Å². The van der Waals surface area contributed by atoms with Crippen molar-refractivity contribution in [1.82, 2.24) is 4.98 Å². The molecule has 0 radical (unpaired) electrons. The zero-order chi connectivity index (χ0) is 16.8. The van der Waals surface area contributed by atoms with Crippen molar-refractivity contribution in [2.24, 2.45) is 0 Å². The second kappa shape index (κ2) is 4.83. The summed E-state index contributed by atoms with van der Waals surface area (Å²) in [5.41, 5.74) is -7.66. The van der Waals surface area contributed by atoms with E-state index in [1.807, 2.05) is 0 Å². The first kappa shape index (κ1) is 15.0. The molecular formula is C10H3F2N3O7. The number of nitrogens with one attached hydrogen (secondary N) is 1. The molecule has 0 spiro atoms. The average molecular weight is 315 g/mol. The predicted molar refractivity (Wildman–Crippen MR) is 65.7 cm³/mol. The first-order chi connectivity index (χ1) is 10.2. The van der Waals surface area contributed by atoms with E-state index in [0.29, 0.717) is 0 Å². The Morgan fingerprint density at radius 2 is 1.64 bits per heavy atom. The van der Waals surface area contributed by atoms with E-state index in [1.165, 1.54) is 0 Å². The summed E-state index contributed by atoms with van der Waals surface area (Å²) in [5.74, 6) is -5.38. The molecule has 12 heteroatoms. The summed E-state index contributed by atoms with van der Waals surface area (Å²) in [7, 11) is 0. The molecular weight excluding hydrogens is 312 g/mol. The third-order valence-corrected chi connectivity index (χ3v) is 2.69. The highest BCUT2D eigenvalue weighted by atomic mass is 19.2. The Labute approximate surface area is 116 Å². The van der Waals surface area contributed by atoms with Gasteiger partial charge < -0.3 is 10.1 Å². The lowest BCUT2D eigenvalue weighted by Crippen LogP contribution is -2.25. The third-order valence-electron chi connectivity index (χ3n) is 2.69. The van der Waals surface area contributed by atoms with Crippen LogP contribution in [0.2, 0.25) is 0 Å². The lowest BCUT2D eigenvalue weighted by Gasteiger charge is -2.01. The fourth-order valence-electron chi connectivity index (χ4n) is 1.80. The summed E-state index contributed by atoms with van der Waals surface area (Å²) < 4.78 is 26.9. The Balaban J connectivity index is 3.34. The van der Waals surface area contributed by atoms with Crippen molar-refractivity contribution in [2.75, 3.05) is 0 Å². The van der Waals surface area contributed by atoms with Crippen molar-refractivity contribution < 1.29 is 23.7 Å². The van der Waals surface area contributed by atoms with Crippen molar-refractivity contribution in [3.8, 4) is 5.75 Å². The molecule has 0 atom stereocenters. The number of benzene rings is 1. The Bertz CT molecular complexity index is 969. The number of nitro benzene ring substituents is 1. The highest BCUT2D eigenvalue weighted by Gasteiger charge is 2.31. The number of nitro groups is 2. The van der Waals surface area contributed by atoms with Crippen molar-refractivity contribution in [3.05, 3.63) is 58.5 Å². The van der Waals surface area contributed by atoms with E-state index in [9.17, 15) is 43.7 Å². The van der Waals surface area contributed by atoms with E-state index in [1.54, 1.807) is 4.98 Å². The molecule has 1 aromatic carbocycles. The van der Waals surface area contributed by atoms with Gasteiger partial charge in [0.2, 0.25) is 11.6 Å². The van der Waals surface area contributed by atoms with Gasteiger partial charge in [0.25, 0.3) is 0 Å². The molecule has 0 saturated heterocycles. The van der Waals surface area contributed by atoms with Gasteiger partial charge in [-0.15, -0.1) is 0 Å². The van der Waals surface area contributed by atoms with Crippen molar-refractivity contribution >= 4 is 22.3 Å². The van der Waals surface area contributed by atoms with E-state index in [0.717, 1.165) is 0 Å². The molecule has 114 valence electrons. The van der Waals surface area contributed by atoms with Gasteiger partial charge in [-0.3, -0.25) is 29.8 Å². The first-order valence-electron chi connectivity index (χ1n) is 5.26. The quantitative estimate of drug-likeness (QED) is 0.469. The minimum absolute atomic E-state index is 0.252. The molecule has 0 unspecified atom stereocenters. The number of hydrogen-bond donors (Lipinski definition) is 2. The highest BCUT2D eigenvalue weighted by Crippen LogP contribution is 2.37. The largest absolute Gasteiger partial charge is 0.501 e. The second-order valence-electron chi connectivity index (χ2n) is 3.94. The fourth-order valence-corrected chi connectivity index (χ4v) is 1.80. The number of hydrogen-bond acceptors (Lipinski definition) is 7. The monoisotopic (exact) mass is 315 g/mol. The fraction of sp³-hybridized carbons (Fsp3) is 0. The standard InChI is InChI=1S/C10H3F2N3O7/c11-2-1-3-4(6(5(2)12)14(19)20)8(16)7(15(21)22)9(17)10(18)13-3/h1,16H,(H,13,17,18). The normalized spacial score (nSPS) is 10.6. The van der Waals surface area contributed by atoms with E-state index >= 15 is 0 Å². The number of H-pyrrole nitrogens is 1. The molecule has 0 aliphatic rings. The number of rotatable bonds is 2. The van der Waals surface area contributed by atoms with Crippen molar-refractivity contribution in [2.45, 2.75) is 0 Å². The van der Waals surface area contributed by atoms with Gasteiger partial charge in [0.05, 0.1) is 15.4 Å². The molecule has 1 aromatic heterocycles. The molecule has 0 bridgehead atoms. The molecule has 0 amide bonds. The smallest absolute Gasteiger partial charge is 0.364 e. The lowest BCUT2D eigenvalue weighted by atomic mass is 10.1. The number of nitrogens with zero attached hydrogens (tertiary/aromatic N) is 2. The van der Waals surface area contributed by atoms with Crippen molar-refractivity contribution in [1.29, 1.82) is 0 Å². The number of halogens is 2. The number of fused-ring (bicyclic) bond motifs is 1. The lowest BCUT2D eigenvalue weighted by molar-refractivity contribution is -0.388. The second-order valence-corrected chi connectivity index (χ2v) is 3.94. The minimum Gasteiger partial charge on any atom is -0.501 e. The average Bonchev–Trinajstić information content (AvgIpc) is 2.48. The van der Waals surface area contributed by atoms with Crippen LogP contribution in [0.15, 0.2) is 15.7 Å². The number of aromatic nitrogens is 1. The minimum atomic E-state index is -2.01. The summed E-state index contributed by atoms with van der Waals surface area (Å²) in [5, 5.41) is 30.2. The first-order valence-corrected chi connectivity index (χ1v) is 5.26. The zero-order valence-corrected chi connectivity index (χ0v) is 10.1. The molecule has 2 N–H and O–H groups in total. The van der Waals surface area contributed by atoms with Gasteiger partial charge >= 0.3 is 22.4 Å². The molecule has 2 rings (SSSR count). The maximum Gasteiger partial charge on any atom is 0.364 e. The van der Waals surface area contributed by atoms with Gasteiger partial charge in [-0.2, -0.15) is 4.39 Å². The summed E-state index contributed by atoms with van der Waals surface area (Å²) in [6.45, 7) is 0. The maximum absolute atomic E-state index is 13.6. The van der Waals surface area contributed by atoms with E-state index in [2.05, 4.69) is 0 Å². The molecule has 0 saturated carbocycles. The Morgan fingerprint density at radius 1 is 1.09 bits per heavy atom. The zero-order valence-electron chi connectivity index (χ0n) is 10.1. The third kappa shape index (κ3) is 2.02. The highest BCUT2D eigenvalue weighted by molar-refractivity contribution is 5.95. The molecule has 2 aromatic rings. The van der Waals surface area contributed by atoms with Crippen LogP contribution in [0.5, 0.6) is 5.75 Å². The van der Waals surface area contributed by atoms with E-state index < -0.39 is 60.5 Å². The van der Waals surface area contributed by atoms with E-state index in [-0.39, 0.29) is 6.07 Å². The summed E-state index contributed by atoms with van der Waals surface area (Å²) >= 11 is 0. The number of aromatic hydroxyl groups is 1. The van der Waals surface area contributed by atoms with Crippen LogP contribution in [0.3, 0.4) is 0 Å². The van der Waals surface area contributed by atoms with E-state index in [4.69, 9.17) is 0 Å². The molecule has 10 nitrogen and oxygen atoms in total. The molecule has 1 heterocycles. The Hall–Kier alpha value is -3.44. The van der Waals surface area contributed by atoms with Crippen LogP contribution in [0, 0.1) is 31.9 Å². The van der Waals surface area contributed by atoms with Crippen LogP contribution >= 0.6 is 0 Å². The summed E-state index contributed by atoms with van der Waals surface area (Å²) in [4.78, 5) is 43.2. The van der Waals surface area contributed by atoms with Crippen LogP contribution in [0.4, 0.5) is 20.2 Å². The Morgan fingerprint density at radius 3 is 2.14 bits per heavy atom. The van der Waals surface area contributed by atoms with Crippen molar-refractivity contribution in [3.63, 3.8) is 0 Å². The number of aromatic amines is 1.